The average Bonchev–Trinajstić information content (AvgIpc) is 2.69. The van der Waals surface area contributed by atoms with Crippen LogP contribution in [0, 0.1) is 0 Å². The van der Waals surface area contributed by atoms with Crippen LogP contribution in [0.5, 0.6) is 0 Å². The van der Waals surface area contributed by atoms with Crippen LogP contribution in [-0.2, 0) is 24.3 Å². The molecule has 27 heavy (non-hydrogen) atoms. The molecule has 0 aliphatic heterocycles. The Morgan fingerprint density at radius 1 is 0.741 bits per heavy atom. The zero-order valence-corrected chi connectivity index (χ0v) is 18.2. The molecular formula is C23H23Br2NO. The molecule has 1 unspecified atom stereocenters. The van der Waals surface area contributed by atoms with E-state index in [2.05, 4.69) is 91.8 Å². The molecule has 0 saturated heterocycles. The molecule has 4 heteroatoms. The maximum atomic E-state index is 6.05. The predicted molar refractivity (Wildman–Crippen MR) is 119 cm³/mol. The molecule has 0 radical (unpaired) electrons. The second-order valence-electron chi connectivity index (χ2n) is 6.47. The molecule has 0 bridgehead atoms. The van der Waals surface area contributed by atoms with E-state index in [1.807, 2.05) is 24.3 Å². The van der Waals surface area contributed by atoms with Crippen molar-refractivity contribution >= 4 is 31.9 Å². The summed E-state index contributed by atoms with van der Waals surface area (Å²) in [4.78, 5) is 0. The van der Waals surface area contributed by atoms with E-state index in [1.165, 1.54) is 16.7 Å². The van der Waals surface area contributed by atoms with Crippen LogP contribution in [0.1, 0.15) is 16.7 Å². The van der Waals surface area contributed by atoms with Crippen molar-refractivity contribution in [2.45, 2.75) is 25.6 Å². The van der Waals surface area contributed by atoms with Crippen LogP contribution in [0.2, 0.25) is 0 Å². The number of hydrogen-bond donors (Lipinski definition) is 1. The fraction of sp³-hybridized carbons (Fsp3) is 0.217. The van der Waals surface area contributed by atoms with Gasteiger partial charge in [-0.2, -0.15) is 0 Å². The molecule has 1 N–H and O–H groups in total. The van der Waals surface area contributed by atoms with Crippen molar-refractivity contribution in [1.82, 2.24) is 5.32 Å². The lowest BCUT2D eigenvalue weighted by Crippen LogP contribution is -2.35. The lowest BCUT2D eigenvalue weighted by Gasteiger charge is -2.20. The topological polar surface area (TPSA) is 21.3 Å². The molecule has 0 aromatic heterocycles. The van der Waals surface area contributed by atoms with Gasteiger partial charge < -0.3 is 10.1 Å². The van der Waals surface area contributed by atoms with Crippen molar-refractivity contribution in [1.29, 1.82) is 0 Å². The first kappa shape index (κ1) is 20.3. The Morgan fingerprint density at radius 2 is 1.33 bits per heavy atom. The van der Waals surface area contributed by atoms with E-state index in [0.29, 0.717) is 13.2 Å². The van der Waals surface area contributed by atoms with Gasteiger partial charge in [-0.1, -0.05) is 98.6 Å². The Labute approximate surface area is 178 Å². The normalized spacial score (nSPS) is 12.1. The van der Waals surface area contributed by atoms with Gasteiger partial charge in [0.25, 0.3) is 0 Å². The highest BCUT2D eigenvalue weighted by Gasteiger charge is 2.11. The van der Waals surface area contributed by atoms with Gasteiger partial charge in [-0.05, 0) is 35.2 Å². The number of halogens is 2. The number of ether oxygens (including phenoxy) is 1. The van der Waals surface area contributed by atoms with Crippen molar-refractivity contribution in [3.8, 4) is 0 Å². The molecule has 3 aromatic rings. The van der Waals surface area contributed by atoms with E-state index in [9.17, 15) is 0 Å². The Kier molecular flexibility index (Phi) is 8.09. The molecule has 3 rings (SSSR count). The van der Waals surface area contributed by atoms with Crippen molar-refractivity contribution in [2.75, 3.05) is 6.61 Å². The molecule has 0 saturated carbocycles. The van der Waals surface area contributed by atoms with Gasteiger partial charge >= 0.3 is 0 Å². The summed E-state index contributed by atoms with van der Waals surface area (Å²) in [6, 6.07) is 27.3. The third-order valence-corrected chi connectivity index (χ3v) is 5.95. The minimum atomic E-state index is 0.238. The fourth-order valence-corrected chi connectivity index (χ4v) is 3.74. The van der Waals surface area contributed by atoms with Crippen LogP contribution in [0.25, 0.3) is 0 Å². The summed E-state index contributed by atoms with van der Waals surface area (Å²) in [5.74, 6) is 0. The summed E-state index contributed by atoms with van der Waals surface area (Å²) in [6.07, 6.45) is 0.932. The number of rotatable bonds is 9. The Balaban J connectivity index is 1.60. The Morgan fingerprint density at radius 3 is 2.00 bits per heavy atom. The molecule has 0 spiro atoms. The van der Waals surface area contributed by atoms with Gasteiger partial charge in [0, 0.05) is 21.5 Å². The highest BCUT2D eigenvalue weighted by molar-refractivity contribution is 9.10. The van der Waals surface area contributed by atoms with Crippen LogP contribution in [0.15, 0.2) is 87.8 Å². The molecule has 3 aromatic carbocycles. The zero-order valence-electron chi connectivity index (χ0n) is 15.1. The summed E-state index contributed by atoms with van der Waals surface area (Å²) in [5, 5.41) is 3.66. The quantitative estimate of drug-likeness (QED) is 0.391. The smallest absolute Gasteiger partial charge is 0.0728 e. The van der Waals surface area contributed by atoms with Crippen molar-refractivity contribution in [3.63, 3.8) is 0 Å². The van der Waals surface area contributed by atoms with Crippen molar-refractivity contribution in [2.24, 2.45) is 0 Å². The van der Waals surface area contributed by atoms with E-state index in [0.717, 1.165) is 21.9 Å². The lowest BCUT2D eigenvalue weighted by molar-refractivity contribution is 0.0976. The third kappa shape index (κ3) is 6.58. The first-order chi connectivity index (χ1) is 13.2. The maximum absolute atomic E-state index is 6.05. The van der Waals surface area contributed by atoms with Gasteiger partial charge in [-0.25, -0.2) is 0 Å². The van der Waals surface area contributed by atoms with Crippen LogP contribution < -0.4 is 5.32 Å². The zero-order chi connectivity index (χ0) is 18.9. The van der Waals surface area contributed by atoms with Crippen LogP contribution in [-0.4, -0.2) is 12.6 Å². The second-order valence-corrected chi connectivity index (χ2v) is 8.17. The predicted octanol–water partition coefficient (Wildman–Crippen LogP) is 6.13. The van der Waals surface area contributed by atoms with Gasteiger partial charge in [0.15, 0.2) is 0 Å². The summed E-state index contributed by atoms with van der Waals surface area (Å²) >= 11 is 7.21. The molecule has 0 aliphatic carbocycles. The number of hydrogen-bond acceptors (Lipinski definition) is 2. The SMILES string of the molecule is Brc1ccccc1CNC(COCc1ccccc1Br)Cc1ccccc1. The largest absolute Gasteiger partial charge is 0.375 e. The molecule has 0 amide bonds. The molecular weight excluding hydrogens is 466 g/mol. The molecule has 1 atom stereocenters. The molecule has 2 nitrogen and oxygen atoms in total. The molecule has 0 aliphatic rings. The van der Waals surface area contributed by atoms with E-state index in [4.69, 9.17) is 4.74 Å². The Bertz CT molecular complexity index is 839. The summed E-state index contributed by atoms with van der Waals surface area (Å²) in [7, 11) is 0. The first-order valence-corrected chi connectivity index (χ1v) is 10.6. The minimum Gasteiger partial charge on any atom is -0.375 e. The number of benzene rings is 3. The lowest BCUT2D eigenvalue weighted by atomic mass is 10.1. The van der Waals surface area contributed by atoms with E-state index >= 15 is 0 Å². The third-order valence-electron chi connectivity index (χ3n) is 4.40. The standard InChI is InChI=1S/C23H23Br2NO/c24-22-12-6-4-10-19(22)15-26-21(14-18-8-2-1-3-9-18)17-27-16-20-11-5-7-13-23(20)25/h1-13,21,26H,14-17H2. The van der Waals surface area contributed by atoms with Crippen molar-refractivity contribution in [3.05, 3.63) is 104 Å². The summed E-state index contributed by atoms with van der Waals surface area (Å²) in [6.45, 7) is 2.06. The monoisotopic (exact) mass is 487 g/mol. The Hall–Kier alpha value is -1.46. The molecule has 0 heterocycles. The second kappa shape index (κ2) is 10.8. The average molecular weight is 489 g/mol. The van der Waals surface area contributed by atoms with Gasteiger partial charge in [0.2, 0.25) is 0 Å². The first-order valence-electron chi connectivity index (χ1n) is 9.04. The molecule has 0 fully saturated rings. The fourth-order valence-electron chi connectivity index (χ4n) is 2.91. The van der Waals surface area contributed by atoms with Gasteiger partial charge in [-0.15, -0.1) is 0 Å². The van der Waals surface area contributed by atoms with Crippen LogP contribution >= 0.6 is 31.9 Å². The highest BCUT2D eigenvalue weighted by Crippen LogP contribution is 2.18. The maximum Gasteiger partial charge on any atom is 0.0728 e. The molecule has 140 valence electrons. The number of nitrogens with one attached hydrogen (secondary N) is 1. The highest BCUT2D eigenvalue weighted by atomic mass is 79.9. The van der Waals surface area contributed by atoms with Gasteiger partial charge in [-0.3, -0.25) is 0 Å². The minimum absolute atomic E-state index is 0.238. The van der Waals surface area contributed by atoms with E-state index < -0.39 is 0 Å². The summed E-state index contributed by atoms with van der Waals surface area (Å²) in [5.41, 5.74) is 3.73. The van der Waals surface area contributed by atoms with Crippen molar-refractivity contribution < 1.29 is 4.74 Å². The summed E-state index contributed by atoms with van der Waals surface area (Å²) < 4.78 is 8.27. The van der Waals surface area contributed by atoms with E-state index in [1.54, 1.807) is 0 Å². The van der Waals surface area contributed by atoms with Crippen LogP contribution in [0.3, 0.4) is 0 Å². The van der Waals surface area contributed by atoms with Gasteiger partial charge in [0.05, 0.1) is 13.2 Å². The van der Waals surface area contributed by atoms with E-state index in [-0.39, 0.29) is 6.04 Å². The van der Waals surface area contributed by atoms with Gasteiger partial charge in [0.1, 0.15) is 0 Å². The van der Waals surface area contributed by atoms with Crippen LogP contribution in [0.4, 0.5) is 0 Å².